The van der Waals surface area contributed by atoms with Crippen LogP contribution in [0.25, 0.3) is 0 Å². The van der Waals surface area contributed by atoms with Crippen LogP contribution in [-0.4, -0.2) is 16.9 Å². The summed E-state index contributed by atoms with van der Waals surface area (Å²) in [7, 11) is 0. The number of amides is 1. The first-order chi connectivity index (χ1) is 7.58. The number of aryl methyl sites for hydroxylation is 1. The number of rotatable bonds is 5. The second kappa shape index (κ2) is 5.84. The van der Waals surface area contributed by atoms with Gasteiger partial charge in [-0.2, -0.15) is 0 Å². The molecule has 1 aromatic rings. The van der Waals surface area contributed by atoms with Gasteiger partial charge >= 0.3 is 0 Å². The summed E-state index contributed by atoms with van der Waals surface area (Å²) in [5.74, 6) is -0.0491. The molecule has 0 aromatic carbocycles. The van der Waals surface area contributed by atoms with E-state index < -0.39 is 0 Å². The Labute approximate surface area is 100 Å². The number of carbonyl (C=O) groups is 1. The first-order valence-corrected chi connectivity index (χ1v) is 6.43. The van der Waals surface area contributed by atoms with Crippen LogP contribution in [0.15, 0.2) is 0 Å². The minimum absolute atomic E-state index is 0.0491. The number of carbonyl (C=O) groups excluding carboxylic acids is 1. The van der Waals surface area contributed by atoms with Crippen molar-refractivity contribution < 1.29 is 4.79 Å². The van der Waals surface area contributed by atoms with Gasteiger partial charge in [-0.25, -0.2) is 4.98 Å². The van der Waals surface area contributed by atoms with Gasteiger partial charge in [-0.05, 0) is 19.8 Å². The molecule has 1 amide bonds. The highest BCUT2D eigenvalue weighted by Gasteiger charge is 2.16. The molecule has 0 saturated carbocycles. The third-order valence-electron chi connectivity index (χ3n) is 2.48. The summed E-state index contributed by atoms with van der Waals surface area (Å²) in [4.78, 5) is 16.6. The zero-order valence-electron chi connectivity index (χ0n) is 10.0. The van der Waals surface area contributed by atoms with E-state index in [0.29, 0.717) is 15.7 Å². The van der Waals surface area contributed by atoms with Crippen molar-refractivity contribution in [2.24, 2.45) is 0 Å². The number of anilines is 1. The molecule has 1 unspecified atom stereocenters. The zero-order valence-corrected chi connectivity index (χ0v) is 10.9. The third kappa shape index (κ3) is 3.20. The van der Waals surface area contributed by atoms with Crippen LogP contribution in [0.4, 0.5) is 5.13 Å². The summed E-state index contributed by atoms with van der Waals surface area (Å²) >= 11 is 1.25. The maximum atomic E-state index is 11.9. The maximum Gasteiger partial charge on any atom is 0.263 e. The molecule has 0 saturated heterocycles. The van der Waals surface area contributed by atoms with E-state index in [0.717, 1.165) is 19.3 Å². The van der Waals surface area contributed by atoms with Crippen LogP contribution in [0, 0.1) is 6.92 Å². The molecule has 0 radical (unpaired) electrons. The van der Waals surface area contributed by atoms with Gasteiger partial charge in [0.05, 0.1) is 5.69 Å². The van der Waals surface area contributed by atoms with E-state index in [1.54, 1.807) is 0 Å². The minimum Gasteiger partial charge on any atom is -0.375 e. The number of aromatic nitrogens is 1. The lowest BCUT2D eigenvalue weighted by Gasteiger charge is -2.15. The number of hydrogen-bond donors (Lipinski definition) is 2. The Balaban J connectivity index is 2.67. The van der Waals surface area contributed by atoms with Crippen molar-refractivity contribution >= 4 is 22.4 Å². The van der Waals surface area contributed by atoms with Gasteiger partial charge in [0, 0.05) is 6.04 Å². The summed E-state index contributed by atoms with van der Waals surface area (Å²) in [6.07, 6.45) is 3.03. The predicted molar refractivity (Wildman–Crippen MR) is 67.7 cm³/mol. The Morgan fingerprint density at radius 2 is 2.25 bits per heavy atom. The highest BCUT2D eigenvalue weighted by atomic mass is 32.1. The fourth-order valence-corrected chi connectivity index (χ4v) is 2.34. The van der Waals surface area contributed by atoms with Crippen molar-refractivity contribution in [2.75, 3.05) is 5.73 Å². The minimum atomic E-state index is -0.0491. The van der Waals surface area contributed by atoms with Crippen LogP contribution in [-0.2, 0) is 0 Å². The maximum absolute atomic E-state index is 11.9. The van der Waals surface area contributed by atoms with Crippen molar-refractivity contribution in [3.63, 3.8) is 0 Å². The normalized spacial score (nSPS) is 12.4. The number of nitrogens with two attached hydrogens (primary N) is 1. The molecule has 16 heavy (non-hydrogen) atoms. The first-order valence-electron chi connectivity index (χ1n) is 5.62. The molecule has 0 aliphatic heterocycles. The van der Waals surface area contributed by atoms with Crippen LogP contribution in [0.5, 0.6) is 0 Å². The highest BCUT2D eigenvalue weighted by Crippen LogP contribution is 2.19. The summed E-state index contributed by atoms with van der Waals surface area (Å²) < 4.78 is 0. The van der Waals surface area contributed by atoms with E-state index in [2.05, 4.69) is 24.1 Å². The molecule has 0 spiro atoms. The largest absolute Gasteiger partial charge is 0.375 e. The van der Waals surface area contributed by atoms with E-state index >= 15 is 0 Å². The van der Waals surface area contributed by atoms with Gasteiger partial charge in [0.15, 0.2) is 5.13 Å². The zero-order chi connectivity index (χ0) is 12.1. The SMILES string of the molecule is CCCC(CC)NC(=O)c1sc(N)nc1C. The molecule has 4 nitrogen and oxygen atoms in total. The number of thiazole rings is 1. The Hall–Kier alpha value is -1.10. The molecular weight excluding hydrogens is 222 g/mol. The van der Waals surface area contributed by atoms with Gasteiger partial charge in [-0.3, -0.25) is 4.79 Å². The Bertz CT molecular complexity index is 362. The standard InChI is InChI=1S/C11H19N3OS/c1-4-6-8(5-2)14-10(15)9-7(3)13-11(12)16-9/h8H,4-6H2,1-3H3,(H2,12,13)(H,14,15). The number of nitrogens with zero attached hydrogens (tertiary/aromatic N) is 1. The summed E-state index contributed by atoms with van der Waals surface area (Å²) in [6, 6.07) is 0.250. The van der Waals surface area contributed by atoms with Crippen molar-refractivity contribution in [2.45, 2.75) is 46.1 Å². The molecule has 1 rings (SSSR count). The summed E-state index contributed by atoms with van der Waals surface area (Å²) in [5, 5.41) is 3.46. The molecule has 90 valence electrons. The highest BCUT2D eigenvalue weighted by molar-refractivity contribution is 7.17. The molecule has 0 fully saturated rings. The van der Waals surface area contributed by atoms with Crippen LogP contribution in [0.2, 0.25) is 0 Å². The lowest BCUT2D eigenvalue weighted by atomic mass is 10.1. The van der Waals surface area contributed by atoms with E-state index in [-0.39, 0.29) is 11.9 Å². The average Bonchev–Trinajstić information content (AvgIpc) is 2.57. The summed E-state index contributed by atoms with van der Waals surface area (Å²) in [5.41, 5.74) is 6.28. The Kier molecular flexibility index (Phi) is 4.73. The molecule has 5 heteroatoms. The van der Waals surface area contributed by atoms with E-state index in [4.69, 9.17) is 5.73 Å². The van der Waals surface area contributed by atoms with Crippen molar-refractivity contribution in [1.29, 1.82) is 0 Å². The summed E-state index contributed by atoms with van der Waals surface area (Å²) in [6.45, 7) is 6.00. The first kappa shape index (κ1) is 13.0. The molecular formula is C11H19N3OS. The number of nitrogen functional groups attached to an aromatic ring is 1. The Morgan fingerprint density at radius 1 is 1.56 bits per heavy atom. The lowest BCUT2D eigenvalue weighted by molar-refractivity contribution is 0.0937. The van der Waals surface area contributed by atoms with E-state index in [1.807, 2.05) is 6.92 Å². The van der Waals surface area contributed by atoms with Crippen LogP contribution in [0.3, 0.4) is 0 Å². The predicted octanol–water partition coefficient (Wildman–Crippen LogP) is 2.34. The van der Waals surface area contributed by atoms with Gasteiger partial charge in [-0.15, -0.1) is 0 Å². The van der Waals surface area contributed by atoms with Gasteiger partial charge in [0.1, 0.15) is 4.88 Å². The van der Waals surface area contributed by atoms with Crippen molar-refractivity contribution in [3.8, 4) is 0 Å². The van der Waals surface area contributed by atoms with Gasteiger partial charge < -0.3 is 11.1 Å². The van der Waals surface area contributed by atoms with Crippen LogP contribution >= 0.6 is 11.3 Å². The lowest BCUT2D eigenvalue weighted by Crippen LogP contribution is -2.34. The molecule has 0 bridgehead atoms. The van der Waals surface area contributed by atoms with Crippen molar-refractivity contribution in [1.82, 2.24) is 10.3 Å². The molecule has 1 atom stereocenters. The van der Waals surface area contributed by atoms with Crippen molar-refractivity contribution in [3.05, 3.63) is 10.6 Å². The fourth-order valence-electron chi connectivity index (χ4n) is 1.61. The molecule has 0 aliphatic rings. The Morgan fingerprint density at radius 3 is 2.69 bits per heavy atom. The second-order valence-electron chi connectivity index (χ2n) is 3.83. The van der Waals surface area contributed by atoms with E-state index in [9.17, 15) is 4.79 Å². The topological polar surface area (TPSA) is 68.0 Å². The monoisotopic (exact) mass is 241 g/mol. The van der Waals surface area contributed by atoms with Gasteiger partial charge in [-0.1, -0.05) is 31.6 Å². The third-order valence-corrected chi connectivity index (χ3v) is 3.47. The second-order valence-corrected chi connectivity index (χ2v) is 4.86. The smallest absolute Gasteiger partial charge is 0.263 e. The quantitative estimate of drug-likeness (QED) is 0.831. The van der Waals surface area contributed by atoms with Gasteiger partial charge in [0.25, 0.3) is 5.91 Å². The molecule has 1 heterocycles. The molecule has 3 N–H and O–H groups in total. The van der Waals surface area contributed by atoms with E-state index in [1.165, 1.54) is 11.3 Å². The number of nitrogens with one attached hydrogen (secondary N) is 1. The number of hydrogen-bond acceptors (Lipinski definition) is 4. The van der Waals surface area contributed by atoms with Gasteiger partial charge in [0.2, 0.25) is 0 Å². The van der Waals surface area contributed by atoms with Crippen LogP contribution in [0.1, 0.15) is 48.5 Å². The molecule has 0 aliphatic carbocycles. The average molecular weight is 241 g/mol. The molecule has 1 aromatic heterocycles. The fraction of sp³-hybridized carbons (Fsp3) is 0.636. The van der Waals surface area contributed by atoms with Crippen LogP contribution < -0.4 is 11.1 Å².